The van der Waals surface area contributed by atoms with Crippen LogP contribution in [0.3, 0.4) is 0 Å². The molecule has 2 bridgehead atoms. The summed E-state index contributed by atoms with van der Waals surface area (Å²) in [6.07, 6.45) is 28.6. The molecule has 9 unspecified atom stereocenters. The standard InChI is InChI=1S/C44H57N5O3S/c1-42-18-16-33-25-32-12-13-34(46-21-6-2-3-7-22-47-39(50)9-5-4-8-37-40-36(28-53-37)48-41(51)49-40)26-43(32)19-20-44(33,52-43)38(42)15-14-35(42)30-11-10-29-17-23-45-27-31(29)24-30/h10-13,16-17,23-25,27,34-38,40,46H,2-9,14-15,18-22,26,28H2,1H3,(H,47,50)(H2,48,49,51). The summed E-state index contributed by atoms with van der Waals surface area (Å²) in [7, 11) is 0. The largest absolute Gasteiger partial charge is 0.359 e. The molecule has 2 spiro atoms. The minimum atomic E-state index is -0.170. The van der Waals surface area contributed by atoms with E-state index in [4.69, 9.17) is 4.74 Å². The first-order chi connectivity index (χ1) is 25.9. The van der Waals surface area contributed by atoms with Gasteiger partial charge in [-0.1, -0.05) is 62.6 Å². The molecule has 8 nitrogen and oxygen atoms in total. The van der Waals surface area contributed by atoms with Crippen LogP contribution in [0.25, 0.3) is 10.8 Å². The first-order valence-corrected chi connectivity index (χ1v) is 21.7. The molecule has 4 N–H and O–H groups in total. The molecule has 4 fully saturated rings. The Morgan fingerprint density at radius 2 is 1.92 bits per heavy atom. The van der Waals surface area contributed by atoms with Crippen molar-refractivity contribution < 1.29 is 14.3 Å². The summed E-state index contributed by atoms with van der Waals surface area (Å²) >= 11 is 1.94. The van der Waals surface area contributed by atoms with Gasteiger partial charge in [-0.25, -0.2) is 4.79 Å². The predicted octanol–water partition coefficient (Wildman–Crippen LogP) is 7.61. The van der Waals surface area contributed by atoms with Crippen LogP contribution in [-0.4, -0.2) is 70.3 Å². The summed E-state index contributed by atoms with van der Waals surface area (Å²) < 4.78 is 7.52. The lowest BCUT2D eigenvalue weighted by atomic mass is 9.58. The monoisotopic (exact) mass is 735 g/mol. The van der Waals surface area contributed by atoms with Gasteiger partial charge in [0.1, 0.15) is 0 Å². The molecule has 3 saturated heterocycles. The van der Waals surface area contributed by atoms with E-state index in [9.17, 15) is 9.59 Å². The van der Waals surface area contributed by atoms with Gasteiger partial charge < -0.3 is 26.0 Å². The molecule has 282 valence electrons. The molecule has 1 aromatic carbocycles. The van der Waals surface area contributed by atoms with Crippen LogP contribution in [0.15, 0.2) is 72.1 Å². The molecule has 53 heavy (non-hydrogen) atoms. The Bertz CT molecular complexity index is 1830. The van der Waals surface area contributed by atoms with Crippen LogP contribution in [0.4, 0.5) is 4.79 Å². The molecule has 7 aliphatic rings. The Hall–Kier alpha value is -3.14. The van der Waals surface area contributed by atoms with Crippen molar-refractivity contribution in [2.45, 2.75) is 137 Å². The van der Waals surface area contributed by atoms with Gasteiger partial charge in [-0.15, -0.1) is 0 Å². The van der Waals surface area contributed by atoms with Crippen LogP contribution >= 0.6 is 11.8 Å². The van der Waals surface area contributed by atoms with E-state index >= 15 is 0 Å². The third-order valence-electron chi connectivity index (χ3n) is 14.3. The van der Waals surface area contributed by atoms with Crippen molar-refractivity contribution in [1.82, 2.24) is 26.3 Å². The molecule has 2 aromatic rings. The summed E-state index contributed by atoms with van der Waals surface area (Å²) in [5.41, 5.74) is 4.18. The number of nitrogens with one attached hydrogen (secondary N) is 4. The predicted molar refractivity (Wildman–Crippen MR) is 213 cm³/mol. The average molecular weight is 736 g/mol. The second-order valence-corrected chi connectivity index (χ2v) is 18.6. The van der Waals surface area contributed by atoms with Gasteiger partial charge in [0.05, 0.1) is 23.3 Å². The molecule has 3 aliphatic carbocycles. The number of hydrogen-bond acceptors (Lipinski definition) is 6. The van der Waals surface area contributed by atoms with E-state index in [0.717, 1.165) is 83.1 Å². The summed E-state index contributed by atoms with van der Waals surface area (Å²) in [5.74, 6) is 2.23. The lowest BCUT2D eigenvalue weighted by molar-refractivity contribution is -0.129. The summed E-state index contributed by atoms with van der Waals surface area (Å²) in [6.45, 7) is 4.34. The summed E-state index contributed by atoms with van der Waals surface area (Å²) in [4.78, 5) is 28.4. The number of carbonyl (C=O) groups excluding carboxylic acids is 2. The quantitative estimate of drug-likeness (QED) is 0.118. The van der Waals surface area contributed by atoms with Crippen molar-refractivity contribution in [2.75, 3.05) is 18.8 Å². The molecule has 1 saturated carbocycles. The molecule has 4 aliphatic heterocycles. The Balaban J connectivity index is 0.703. The van der Waals surface area contributed by atoms with Crippen molar-refractivity contribution in [3.8, 4) is 0 Å². The van der Waals surface area contributed by atoms with Crippen LogP contribution in [-0.2, 0) is 9.53 Å². The average Bonchev–Trinajstić information content (AvgIpc) is 3.91. The number of nitrogens with zero attached hydrogens (tertiary/aromatic N) is 1. The summed E-state index contributed by atoms with van der Waals surface area (Å²) in [5, 5.41) is 16.0. The molecule has 0 radical (unpaired) electrons. The number of pyridine rings is 1. The van der Waals surface area contributed by atoms with Crippen molar-refractivity contribution in [1.29, 1.82) is 0 Å². The van der Waals surface area contributed by atoms with Crippen molar-refractivity contribution in [3.05, 3.63) is 77.7 Å². The van der Waals surface area contributed by atoms with Gasteiger partial charge >= 0.3 is 6.03 Å². The first kappa shape index (κ1) is 35.6. The fourth-order valence-electron chi connectivity index (χ4n) is 11.6. The smallest absolute Gasteiger partial charge is 0.315 e. The van der Waals surface area contributed by atoms with Gasteiger partial charge in [0.25, 0.3) is 0 Å². The highest BCUT2D eigenvalue weighted by atomic mass is 32.2. The van der Waals surface area contributed by atoms with E-state index in [1.165, 1.54) is 46.7 Å². The van der Waals surface area contributed by atoms with Gasteiger partial charge in [-0.3, -0.25) is 9.78 Å². The van der Waals surface area contributed by atoms with Gasteiger partial charge in [0.15, 0.2) is 0 Å². The normalized spacial score (nSPS) is 36.2. The second-order valence-electron chi connectivity index (χ2n) is 17.4. The van der Waals surface area contributed by atoms with E-state index in [0.29, 0.717) is 29.5 Å². The minimum Gasteiger partial charge on any atom is -0.359 e. The van der Waals surface area contributed by atoms with Crippen LogP contribution in [0.2, 0.25) is 0 Å². The van der Waals surface area contributed by atoms with E-state index < -0.39 is 0 Å². The van der Waals surface area contributed by atoms with E-state index in [1.807, 2.05) is 24.2 Å². The zero-order chi connectivity index (χ0) is 36.0. The zero-order valence-electron chi connectivity index (χ0n) is 31.3. The van der Waals surface area contributed by atoms with Crippen molar-refractivity contribution in [3.63, 3.8) is 0 Å². The topological polar surface area (TPSA) is 104 Å². The number of thioether (sulfide) groups is 1. The number of allylic oxidation sites excluding steroid dienone is 1. The van der Waals surface area contributed by atoms with Gasteiger partial charge in [0.2, 0.25) is 5.91 Å². The third-order valence-corrected chi connectivity index (χ3v) is 15.8. The number of rotatable bonds is 14. The number of hydrogen-bond donors (Lipinski definition) is 4. The molecule has 3 amide bonds. The SMILES string of the molecule is CC12CC=C3C=C4C=CC(NCCCCCCNC(=O)CCCCC5SCC6NC(=O)NC65)CC45CCC3(O5)C1CCC2c1ccc2ccncc2c1. The third kappa shape index (κ3) is 6.56. The molecule has 9 heteroatoms. The number of carbonyl (C=O) groups is 2. The van der Waals surface area contributed by atoms with Crippen molar-refractivity contribution in [2.24, 2.45) is 11.3 Å². The van der Waals surface area contributed by atoms with Crippen LogP contribution < -0.4 is 21.3 Å². The number of benzene rings is 1. The molecular weight excluding hydrogens is 679 g/mol. The Labute approximate surface area is 319 Å². The maximum absolute atomic E-state index is 12.4. The Kier molecular flexibility index (Phi) is 9.73. The maximum atomic E-state index is 12.4. The fraction of sp³-hybridized carbons (Fsp3) is 0.614. The highest BCUT2D eigenvalue weighted by molar-refractivity contribution is 8.00. The van der Waals surface area contributed by atoms with Crippen LogP contribution in [0.1, 0.15) is 108 Å². The summed E-state index contributed by atoms with van der Waals surface area (Å²) in [6, 6.07) is 10.0. The lowest BCUT2D eigenvalue weighted by Gasteiger charge is -2.53. The van der Waals surface area contributed by atoms with E-state index in [1.54, 1.807) is 0 Å². The number of ether oxygens (including phenoxy) is 1. The number of amides is 3. The number of unbranched alkanes of at least 4 members (excludes halogenated alkanes) is 4. The van der Waals surface area contributed by atoms with Gasteiger partial charge in [0, 0.05) is 47.8 Å². The molecular formula is C44H57N5O3S. The van der Waals surface area contributed by atoms with Gasteiger partial charge in [-0.05, 0) is 122 Å². The molecule has 9 rings (SSSR count). The highest BCUT2D eigenvalue weighted by Crippen LogP contribution is 2.69. The molecule has 9 atom stereocenters. The lowest BCUT2D eigenvalue weighted by Crippen LogP contribution is -2.54. The number of aromatic nitrogens is 1. The first-order valence-electron chi connectivity index (χ1n) is 20.7. The van der Waals surface area contributed by atoms with Gasteiger partial charge in [-0.2, -0.15) is 11.8 Å². The van der Waals surface area contributed by atoms with Crippen LogP contribution in [0.5, 0.6) is 0 Å². The maximum Gasteiger partial charge on any atom is 0.315 e. The molecule has 5 heterocycles. The van der Waals surface area contributed by atoms with E-state index in [-0.39, 0.29) is 40.6 Å². The number of urea groups is 1. The highest BCUT2D eigenvalue weighted by Gasteiger charge is 2.66. The molecule has 1 aromatic heterocycles. The van der Waals surface area contributed by atoms with Crippen molar-refractivity contribution >= 4 is 34.5 Å². The Morgan fingerprint density at radius 1 is 1.02 bits per heavy atom. The minimum absolute atomic E-state index is 0.0310. The van der Waals surface area contributed by atoms with Crippen LogP contribution in [0, 0.1) is 11.3 Å². The second kappa shape index (κ2) is 14.5. The fourth-order valence-corrected chi connectivity index (χ4v) is 13.1. The Morgan fingerprint density at radius 3 is 2.85 bits per heavy atom. The number of fused-ring (bicyclic) bond motifs is 3. The van der Waals surface area contributed by atoms with E-state index in [2.05, 4.69) is 81.7 Å². The zero-order valence-corrected chi connectivity index (χ0v) is 32.2.